The highest BCUT2D eigenvalue weighted by Gasteiger charge is 2.46. The second-order valence-corrected chi connectivity index (χ2v) is 12.2. The standard InChI is InChI=1S/C37H38N4O3/c1-3-4-12-32-36(43)40(27-16-18-29(42)19-17-27)41(37(32)44)28-11-7-10-25(22-28)30-13-8-14-31-33(30)23-26-9-5-6-15-34(26)39-21-20-38(2)24-35(31)39/h5-11,13-19,22,32,35,42H,3-4,12,20-21,23-24H2,1-2H3. The van der Waals surface area contributed by atoms with Crippen molar-refractivity contribution in [1.29, 1.82) is 0 Å². The fraction of sp³-hybridized carbons (Fsp3) is 0.297. The Hall–Kier alpha value is -4.62. The second-order valence-electron chi connectivity index (χ2n) is 12.2. The first-order valence-corrected chi connectivity index (χ1v) is 15.7. The van der Waals surface area contributed by atoms with Gasteiger partial charge >= 0.3 is 0 Å². The Kier molecular flexibility index (Phi) is 7.34. The van der Waals surface area contributed by atoms with Gasteiger partial charge in [0, 0.05) is 31.7 Å². The van der Waals surface area contributed by atoms with Crippen molar-refractivity contribution >= 4 is 28.9 Å². The zero-order valence-corrected chi connectivity index (χ0v) is 25.3. The molecule has 224 valence electrons. The summed E-state index contributed by atoms with van der Waals surface area (Å²) in [5, 5.41) is 12.9. The van der Waals surface area contributed by atoms with E-state index in [1.807, 2.05) is 18.2 Å². The fourth-order valence-electron chi connectivity index (χ4n) is 7.13. The number of aromatic hydroxyl groups is 1. The van der Waals surface area contributed by atoms with Crippen LogP contribution in [0.5, 0.6) is 5.75 Å². The zero-order chi connectivity index (χ0) is 30.4. The lowest BCUT2D eigenvalue weighted by Gasteiger charge is -2.42. The number of piperazine rings is 1. The van der Waals surface area contributed by atoms with E-state index < -0.39 is 5.92 Å². The van der Waals surface area contributed by atoms with E-state index in [9.17, 15) is 14.7 Å². The number of carbonyl (C=O) groups is 2. The topological polar surface area (TPSA) is 67.3 Å². The summed E-state index contributed by atoms with van der Waals surface area (Å²) in [7, 11) is 2.20. The lowest BCUT2D eigenvalue weighted by Crippen LogP contribution is -2.46. The number of phenolic OH excluding ortho intramolecular Hbond substituents is 1. The molecule has 2 unspecified atom stereocenters. The van der Waals surface area contributed by atoms with Gasteiger partial charge in [-0.25, -0.2) is 10.0 Å². The first-order valence-electron chi connectivity index (χ1n) is 15.7. The van der Waals surface area contributed by atoms with E-state index in [0.717, 1.165) is 50.0 Å². The van der Waals surface area contributed by atoms with Crippen LogP contribution in [-0.4, -0.2) is 48.5 Å². The van der Waals surface area contributed by atoms with Crippen molar-refractivity contribution in [2.45, 2.75) is 38.6 Å². The van der Waals surface area contributed by atoms with Crippen LogP contribution in [0.4, 0.5) is 17.1 Å². The van der Waals surface area contributed by atoms with Gasteiger partial charge < -0.3 is 14.9 Å². The van der Waals surface area contributed by atoms with Crippen LogP contribution in [0.15, 0.2) is 91.0 Å². The van der Waals surface area contributed by atoms with Gasteiger partial charge in [0.05, 0.1) is 17.4 Å². The molecule has 0 aliphatic carbocycles. The summed E-state index contributed by atoms with van der Waals surface area (Å²) in [5.41, 5.74) is 8.64. The van der Waals surface area contributed by atoms with Crippen LogP contribution in [-0.2, 0) is 16.0 Å². The van der Waals surface area contributed by atoms with Gasteiger partial charge in [-0.15, -0.1) is 0 Å². The van der Waals surface area contributed by atoms with Gasteiger partial charge in [-0.1, -0.05) is 68.3 Å². The molecule has 7 rings (SSSR count). The molecule has 3 aliphatic heterocycles. The molecule has 7 heteroatoms. The van der Waals surface area contributed by atoms with Gasteiger partial charge in [0.15, 0.2) is 0 Å². The predicted molar refractivity (Wildman–Crippen MR) is 175 cm³/mol. The number of fused-ring (bicyclic) bond motifs is 5. The zero-order valence-electron chi connectivity index (χ0n) is 25.3. The minimum absolute atomic E-state index is 0.108. The summed E-state index contributed by atoms with van der Waals surface area (Å²) < 4.78 is 0. The largest absolute Gasteiger partial charge is 0.508 e. The third-order valence-corrected chi connectivity index (χ3v) is 9.38. The van der Waals surface area contributed by atoms with Gasteiger partial charge in [0.1, 0.15) is 11.7 Å². The van der Waals surface area contributed by atoms with Crippen molar-refractivity contribution in [1.82, 2.24) is 4.90 Å². The number of hydrogen-bond acceptors (Lipinski definition) is 5. The molecule has 4 aromatic carbocycles. The molecular formula is C37H38N4O3. The van der Waals surface area contributed by atoms with Crippen molar-refractivity contribution in [2.75, 3.05) is 41.6 Å². The Morgan fingerprint density at radius 1 is 0.818 bits per heavy atom. The van der Waals surface area contributed by atoms with E-state index in [2.05, 4.69) is 72.3 Å². The highest BCUT2D eigenvalue weighted by atomic mass is 16.3. The highest BCUT2D eigenvalue weighted by molar-refractivity contribution is 6.23. The molecule has 0 bridgehead atoms. The van der Waals surface area contributed by atoms with E-state index in [1.165, 1.54) is 32.4 Å². The third-order valence-electron chi connectivity index (χ3n) is 9.38. The number of likely N-dealkylation sites (N-methyl/N-ethyl adjacent to an activating group) is 1. The summed E-state index contributed by atoms with van der Waals surface area (Å²) in [6.45, 7) is 5.03. The predicted octanol–water partition coefficient (Wildman–Crippen LogP) is 6.56. The van der Waals surface area contributed by atoms with Crippen LogP contribution >= 0.6 is 0 Å². The number of benzene rings is 4. The number of rotatable bonds is 6. The van der Waals surface area contributed by atoms with Gasteiger partial charge in [-0.05, 0) is 83.8 Å². The number of para-hydroxylation sites is 1. The van der Waals surface area contributed by atoms with E-state index in [4.69, 9.17) is 0 Å². The maximum Gasteiger partial charge on any atom is 0.258 e. The molecule has 2 atom stereocenters. The number of hydrogen-bond donors (Lipinski definition) is 1. The molecule has 0 radical (unpaired) electrons. The third kappa shape index (κ3) is 4.81. The molecule has 1 N–H and O–H groups in total. The molecule has 0 spiro atoms. The molecule has 2 fully saturated rings. The molecule has 44 heavy (non-hydrogen) atoms. The smallest absolute Gasteiger partial charge is 0.258 e. The SMILES string of the molecule is CCCCC1C(=O)N(c2ccc(O)cc2)N(c2cccc(-c3cccc4c3Cc3ccccc3N3CCN(C)CC43)c2)C1=O. The average Bonchev–Trinajstić information content (AvgIpc) is 3.20. The lowest BCUT2D eigenvalue weighted by molar-refractivity contribution is -0.127. The fourth-order valence-corrected chi connectivity index (χ4v) is 7.13. The van der Waals surface area contributed by atoms with Gasteiger partial charge in [-0.3, -0.25) is 9.59 Å². The van der Waals surface area contributed by atoms with Crippen LogP contribution in [0, 0.1) is 5.92 Å². The molecule has 3 aliphatic rings. The summed E-state index contributed by atoms with van der Waals surface area (Å²) >= 11 is 0. The number of amides is 2. The van der Waals surface area contributed by atoms with Crippen molar-refractivity contribution in [3.05, 3.63) is 108 Å². The lowest BCUT2D eigenvalue weighted by atomic mass is 9.88. The molecular weight excluding hydrogens is 548 g/mol. The molecule has 0 saturated carbocycles. The van der Waals surface area contributed by atoms with Crippen LogP contribution < -0.4 is 14.9 Å². The molecule has 2 amide bonds. The Morgan fingerprint density at radius 3 is 2.36 bits per heavy atom. The van der Waals surface area contributed by atoms with E-state index in [0.29, 0.717) is 17.8 Å². The quantitative estimate of drug-likeness (QED) is 0.259. The number of anilines is 3. The van der Waals surface area contributed by atoms with Gasteiger partial charge in [0.25, 0.3) is 11.8 Å². The minimum atomic E-state index is -0.730. The van der Waals surface area contributed by atoms with Gasteiger partial charge in [-0.2, -0.15) is 0 Å². The number of unbranched alkanes of at least 4 members (excludes halogenated alkanes) is 1. The van der Waals surface area contributed by atoms with E-state index >= 15 is 0 Å². The second kappa shape index (κ2) is 11.5. The number of phenols is 1. The first kappa shape index (κ1) is 28.2. The number of nitrogens with zero attached hydrogens (tertiary/aromatic N) is 4. The summed E-state index contributed by atoms with van der Waals surface area (Å²) in [5.74, 6) is -1.07. The minimum Gasteiger partial charge on any atom is -0.508 e. The Morgan fingerprint density at radius 2 is 1.57 bits per heavy atom. The Labute approximate surface area is 258 Å². The highest BCUT2D eigenvalue weighted by Crippen LogP contribution is 2.43. The van der Waals surface area contributed by atoms with Crippen molar-refractivity contribution in [2.24, 2.45) is 5.92 Å². The maximum atomic E-state index is 13.9. The first-order chi connectivity index (χ1) is 21.4. The monoisotopic (exact) mass is 586 g/mol. The Bertz CT molecular complexity index is 1720. The van der Waals surface area contributed by atoms with Crippen LogP contribution in [0.3, 0.4) is 0 Å². The molecule has 3 heterocycles. The van der Waals surface area contributed by atoms with Crippen molar-refractivity contribution in [3.63, 3.8) is 0 Å². The average molecular weight is 587 g/mol. The van der Waals surface area contributed by atoms with Crippen LogP contribution in [0.25, 0.3) is 11.1 Å². The number of carbonyl (C=O) groups excluding carboxylic acids is 2. The van der Waals surface area contributed by atoms with Crippen molar-refractivity contribution in [3.8, 4) is 16.9 Å². The normalized spacial score (nSPS) is 19.9. The Balaban J connectivity index is 1.33. The molecule has 7 nitrogen and oxygen atoms in total. The summed E-state index contributed by atoms with van der Waals surface area (Å²) in [6.07, 6.45) is 3.03. The van der Waals surface area contributed by atoms with Gasteiger partial charge in [0.2, 0.25) is 0 Å². The number of hydrazine groups is 1. The molecule has 2 saturated heterocycles. The van der Waals surface area contributed by atoms with Crippen molar-refractivity contribution < 1.29 is 14.7 Å². The summed E-state index contributed by atoms with van der Waals surface area (Å²) in [4.78, 5) is 32.7. The summed E-state index contributed by atoms with van der Waals surface area (Å²) in [6, 6.07) is 30.1. The van der Waals surface area contributed by atoms with E-state index in [-0.39, 0.29) is 23.6 Å². The molecule has 0 aromatic heterocycles. The van der Waals surface area contributed by atoms with Crippen LogP contribution in [0.2, 0.25) is 0 Å². The van der Waals surface area contributed by atoms with Crippen LogP contribution in [0.1, 0.15) is 48.9 Å². The van der Waals surface area contributed by atoms with E-state index in [1.54, 1.807) is 24.3 Å². The molecule has 4 aromatic rings. The maximum absolute atomic E-state index is 13.9.